The van der Waals surface area contributed by atoms with Crippen molar-refractivity contribution in [1.82, 2.24) is 10.3 Å². The zero-order valence-electron chi connectivity index (χ0n) is 15.0. The van der Waals surface area contributed by atoms with Crippen LogP contribution < -0.4 is 22.1 Å². The molecule has 13 heteroatoms. The van der Waals surface area contributed by atoms with Crippen LogP contribution in [-0.2, 0) is 5.54 Å². The van der Waals surface area contributed by atoms with E-state index in [2.05, 4.69) is 14.7 Å². The van der Waals surface area contributed by atoms with E-state index >= 15 is 0 Å². The molecule has 0 aliphatic heterocycles. The minimum Gasteiger partial charge on any atom is -0.443 e. The van der Waals surface area contributed by atoms with E-state index in [0.717, 1.165) is 18.2 Å². The van der Waals surface area contributed by atoms with Gasteiger partial charge in [0.25, 0.3) is 18.2 Å². The van der Waals surface area contributed by atoms with E-state index in [1.165, 1.54) is 0 Å². The zero-order valence-corrected chi connectivity index (χ0v) is 15.0. The van der Waals surface area contributed by atoms with Crippen molar-refractivity contribution in [3.8, 4) is 0 Å². The average Bonchev–Trinajstić information content (AvgIpc) is 3.18. The Bertz CT molecular complexity index is 969. The van der Waals surface area contributed by atoms with Crippen LogP contribution in [-0.4, -0.2) is 29.4 Å². The summed E-state index contributed by atoms with van der Waals surface area (Å²) in [6.07, 6.45) is -5.56. The fourth-order valence-corrected chi connectivity index (χ4v) is 3.24. The maximum atomic E-state index is 14.6. The number of aromatic nitrogens is 1. The second-order valence-electron chi connectivity index (χ2n) is 6.69. The van der Waals surface area contributed by atoms with Gasteiger partial charge in [-0.3, -0.25) is 4.79 Å². The number of nitrogens with zero attached hydrogens (tertiary/aromatic N) is 1. The van der Waals surface area contributed by atoms with Gasteiger partial charge in [-0.1, -0.05) is 0 Å². The molecule has 3 rings (SSSR count). The van der Waals surface area contributed by atoms with Crippen LogP contribution in [0.4, 0.5) is 32.4 Å². The molecule has 1 aliphatic carbocycles. The number of rotatable bonds is 7. The molecule has 3 atom stereocenters. The number of primary amides is 1. The molecule has 0 saturated heterocycles. The third-order valence-electron chi connectivity index (χ3n) is 4.71. The number of amides is 3. The van der Waals surface area contributed by atoms with E-state index < -0.39 is 65.3 Å². The molecule has 0 radical (unpaired) electrons. The lowest BCUT2D eigenvalue weighted by molar-refractivity contribution is 0.0171. The number of hydrogen-bond donors (Lipinski definition) is 4. The quantitative estimate of drug-likeness (QED) is 0.498. The lowest BCUT2D eigenvalue weighted by Gasteiger charge is -2.35. The van der Waals surface area contributed by atoms with Gasteiger partial charge in [0.15, 0.2) is 5.69 Å². The Morgan fingerprint density at radius 1 is 1.27 bits per heavy atom. The molecule has 0 spiro atoms. The number of nitrogens with one attached hydrogen (secondary N) is 2. The number of anilines is 1. The predicted molar refractivity (Wildman–Crippen MR) is 92.3 cm³/mol. The van der Waals surface area contributed by atoms with Crippen molar-refractivity contribution >= 4 is 17.6 Å². The number of carbonyl (C=O) groups is 2. The minimum absolute atomic E-state index is 0.0794. The van der Waals surface area contributed by atoms with Gasteiger partial charge in [-0.05, 0) is 24.6 Å². The van der Waals surface area contributed by atoms with E-state index in [0.29, 0.717) is 6.26 Å². The van der Waals surface area contributed by atoms with Gasteiger partial charge in [-0.15, -0.1) is 0 Å². The number of halogens is 5. The van der Waals surface area contributed by atoms with E-state index in [-0.39, 0.29) is 12.1 Å². The summed E-state index contributed by atoms with van der Waals surface area (Å²) in [6.45, 7) is 0. The van der Waals surface area contributed by atoms with Gasteiger partial charge in [0.1, 0.15) is 17.6 Å². The first-order valence-electron chi connectivity index (χ1n) is 8.52. The summed E-state index contributed by atoms with van der Waals surface area (Å²) in [5, 5.41) is 4.14. The highest BCUT2D eigenvalue weighted by Gasteiger charge is 2.59. The molecule has 1 fully saturated rings. The Morgan fingerprint density at radius 2 is 1.93 bits per heavy atom. The first kappa shape index (κ1) is 21.5. The fourth-order valence-electron chi connectivity index (χ4n) is 3.24. The lowest BCUT2D eigenvalue weighted by Crippen LogP contribution is -2.56. The molecule has 1 aromatic heterocycles. The molecule has 0 bridgehead atoms. The molecule has 30 heavy (non-hydrogen) atoms. The summed E-state index contributed by atoms with van der Waals surface area (Å²) < 4.78 is 72.3. The highest BCUT2D eigenvalue weighted by Crippen LogP contribution is 2.49. The number of hydrogen-bond acceptors (Lipinski definition) is 5. The second kappa shape index (κ2) is 7.89. The van der Waals surface area contributed by atoms with Crippen molar-refractivity contribution in [2.75, 3.05) is 5.32 Å². The molecular formula is C17H16F5N5O3. The SMILES string of the molecule is NC(=O)N[C@@](c1cc(NC(=O)c2coc(C(F)F)n2)ccc1F)(C(F)F)[C@H]1C[C@H]1N. The summed E-state index contributed by atoms with van der Waals surface area (Å²) >= 11 is 0. The highest BCUT2D eigenvalue weighted by atomic mass is 19.3. The monoisotopic (exact) mass is 433 g/mol. The van der Waals surface area contributed by atoms with Crippen LogP contribution in [0.1, 0.15) is 34.8 Å². The molecule has 3 amide bonds. The summed E-state index contributed by atoms with van der Waals surface area (Å²) in [5.74, 6) is -4.08. The Kier molecular flexibility index (Phi) is 5.65. The van der Waals surface area contributed by atoms with E-state index in [4.69, 9.17) is 11.5 Å². The average molecular weight is 433 g/mol. The van der Waals surface area contributed by atoms with Crippen LogP contribution >= 0.6 is 0 Å². The van der Waals surface area contributed by atoms with Crippen molar-refractivity contribution in [2.45, 2.75) is 30.9 Å². The second-order valence-corrected chi connectivity index (χ2v) is 6.69. The Balaban J connectivity index is 1.96. The largest absolute Gasteiger partial charge is 0.443 e. The van der Waals surface area contributed by atoms with Gasteiger partial charge < -0.3 is 26.5 Å². The van der Waals surface area contributed by atoms with Crippen molar-refractivity contribution in [2.24, 2.45) is 17.4 Å². The number of oxazole rings is 1. The number of carbonyl (C=O) groups excluding carboxylic acids is 2. The van der Waals surface area contributed by atoms with Gasteiger partial charge in [0.05, 0.1) is 0 Å². The van der Waals surface area contributed by atoms with Crippen molar-refractivity contribution in [3.05, 3.63) is 47.4 Å². The van der Waals surface area contributed by atoms with Gasteiger partial charge in [0.2, 0.25) is 0 Å². The standard InChI is InChI=1S/C17H16F5N5O3/c18-9-2-1-6(25-13(28)11-5-30-14(26-11)12(19)20)3-7(9)17(15(21)22,27-16(24)29)8-4-10(8)23/h1-3,5,8,10,12,15H,4,23H2,(H,25,28)(H3,24,27,29)/t8-,10+,17+/m0/s1. The fraction of sp³-hybridized carbons (Fsp3) is 0.353. The Hall–Kier alpha value is -3.22. The normalized spacial score (nSPS) is 20.1. The first-order chi connectivity index (χ1) is 14.1. The summed E-state index contributed by atoms with van der Waals surface area (Å²) in [5.41, 5.74) is 6.89. The molecule has 1 aromatic carbocycles. The summed E-state index contributed by atoms with van der Waals surface area (Å²) in [7, 11) is 0. The molecule has 1 aliphatic rings. The molecule has 1 heterocycles. The van der Waals surface area contributed by atoms with Crippen LogP contribution in [0.5, 0.6) is 0 Å². The van der Waals surface area contributed by atoms with Crippen LogP contribution in [0.15, 0.2) is 28.9 Å². The number of benzene rings is 1. The molecule has 6 N–H and O–H groups in total. The van der Waals surface area contributed by atoms with E-state index in [1.54, 1.807) is 0 Å². The van der Waals surface area contributed by atoms with Crippen molar-refractivity contribution < 1.29 is 36.0 Å². The lowest BCUT2D eigenvalue weighted by atomic mass is 9.84. The highest BCUT2D eigenvalue weighted by molar-refractivity contribution is 6.02. The van der Waals surface area contributed by atoms with Gasteiger partial charge >= 0.3 is 12.5 Å². The Labute approximate surface area is 165 Å². The van der Waals surface area contributed by atoms with Crippen molar-refractivity contribution in [3.63, 3.8) is 0 Å². The topological polar surface area (TPSA) is 136 Å². The number of urea groups is 1. The van der Waals surface area contributed by atoms with Crippen LogP contribution in [0, 0.1) is 11.7 Å². The number of alkyl halides is 4. The minimum atomic E-state index is -3.28. The summed E-state index contributed by atoms with van der Waals surface area (Å²) in [4.78, 5) is 26.9. The van der Waals surface area contributed by atoms with Gasteiger partial charge in [0, 0.05) is 23.2 Å². The van der Waals surface area contributed by atoms with Crippen LogP contribution in [0.25, 0.3) is 0 Å². The zero-order chi connectivity index (χ0) is 22.2. The Morgan fingerprint density at radius 3 is 2.43 bits per heavy atom. The van der Waals surface area contributed by atoms with Crippen molar-refractivity contribution in [1.29, 1.82) is 0 Å². The van der Waals surface area contributed by atoms with Crippen LogP contribution in [0.2, 0.25) is 0 Å². The summed E-state index contributed by atoms with van der Waals surface area (Å²) in [6, 6.07) is 0.690. The smallest absolute Gasteiger partial charge is 0.313 e. The molecule has 8 nitrogen and oxygen atoms in total. The molecule has 2 aromatic rings. The predicted octanol–water partition coefficient (Wildman–Crippen LogP) is 2.48. The molecule has 0 unspecified atom stereocenters. The maximum Gasteiger partial charge on any atom is 0.313 e. The first-order valence-corrected chi connectivity index (χ1v) is 8.52. The molecule has 1 saturated carbocycles. The third-order valence-corrected chi connectivity index (χ3v) is 4.71. The molecule has 162 valence electrons. The molecular weight excluding hydrogens is 417 g/mol. The van der Waals surface area contributed by atoms with Crippen LogP contribution in [0.3, 0.4) is 0 Å². The van der Waals surface area contributed by atoms with Gasteiger partial charge in [-0.2, -0.15) is 8.78 Å². The number of nitrogens with two attached hydrogens (primary N) is 2. The van der Waals surface area contributed by atoms with E-state index in [9.17, 15) is 31.5 Å². The van der Waals surface area contributed by atoms with E-state index in [1.807, 2.05) is 5.32 Å². The van der Waals surface area contributed by atoms with Gasteiger partial charge in [-0.25, -0.2) is 22.9 Å². The third kappa shape index (κ3) is 3.92. The maximum absolute atomic E-state index is 14.6.